The number of nitrogens with zero attached hydrogens (tertiary/aromatic N) is 2. The Morgan fingerprint density at radius 3 is 1.49 bits per heavy atom. The van der Waals surface area contributed by atoms with E-state index in [1.807, 2.05) is 0 Å². The molecule has 0 unspecified atom stereocenters. The van der Waals surface area contributed by atoms with E-state index in [-0.39, 0.29) is 69.5 Å². The summed E-state index contributed by atoms with van der Waals surface area (Å²) < 4.78 is 0. The maximum Gasteiger partial charge on any atom is 0.305 e. The van der Waals surface area contributed by atoms with E-state index in [2.05, 4.69) is 52.5 Å². The SMILES string of the molecule is CC[C@@H](C)[C@@H](NC(C)=O)C(=O)N[C@H](CCCN=C(N)N)C(=O)N[C@H](CC(=O)O)C(=O)N[C@@H](C(=O)N[C@H](CCCN=C(N)N)C(=O)NCC(=O)NCC(=O)N[C@H](Cc1ccccc1)C(N)=O)[C@H](C)CC. The summed E-state index contributed by atoms with van der Waals surface area (Å²) in [6, 6.07) is 0.724. The van der Waals surface area contributed by atoms with Gasteiger partial charge in [0, 0.05) is 26.4 Å². The zero-order chi connectivity index (χ0) is 52.2. The number of primary amides is 1. The average molecular weight is 974 g/mol. The smallest absolute Gasteiger partial charge is 0.305 e. The van der Waals surface area contributed by atoms with E-state index in [9.17, 15) is 53.1 Å². The summed E-state index contributed by atoms with van der Waals surface area (Å²) in [6.07, 6.45) is 0.0368. The van der Waals surface area contributed by atoms with Crippen molar-refractivity contribution < 1.29 is 53.1 Å². The van der Waals surface area contributed by atoms with Crippen LogP contribution in [0.25, 0.3) is 0 Å². The zero-order valence-electron chi connectivity index (χ0n) is 39.8. The third kappa shape index (κ3) is 24.2. The van der Waals surface area contributed by atoms with E-state index in [0.29, 0.717) is 6.42 Å². The highest BCUT2D eigenvalue weighted by molar-refractivity contribution is 5.98. The first-order valence-corrected chi connectivity index (χ1v) is 22.5. The molecule has 19 N–H and O–H groups in total. The molecular formula is C43H71N15O11. The molecule has 9 amide bonds. The van der Waals surface area contributed by atoms with Crippen molar-refractivity contribution in [2.24, 2.45) is 50.5 Å². The van der Waals surface area contributed by atoms with Crippen molar-refractivity contribution in [1.29, 1.82) is 0 Å². The Labute approximate surface area is 400 Å². The molecule has 0 aliphatic carbocycles. The van der Waals surface area contributed by atoms with Crippen LogP contribution in [0.3, 0.4) is 0 Å². The minimum atomic E-state index is -1.79. The summed E-state index contributed by atoms with van der Waals surface area (Å²) in [4.78, 5) is 138. The number of nitrogens with two attached hydrogens (primary N) is 5. The highest BCUT2D eigenvalue weighted by atomic mass is 16.4. The lowest BCUT2D eigenvalue weighted by Gasteiger charge is -2.29. The Balaban J connectivity index is 3.26. The number of hydrogen-bond donors (Lipinski definition) is 14. The van der Waals surface area contributed by atoms with Crippen LogP contribution >= 0.6 is 0 Å². The molecule has 69 heavy (non-hydrogen) atoms. The van der Waals surface area contributed by atoms with Crippen molar-refractivity contribution in [2.45, 2.75) is 122 Å². The molecule has 0 saturated heterocycles. The number of carbonyl (C=O) groups excluding carboxylic acids is 9. The minimum Gasteiger partial charge on any atom is -0.481 e. The fourth-order valence-corrected chi connectivity index (χ4v) is 6.45. The number of benzene rings is 1. The fraction of sp³-hybridized carbons (Fsp3) is 0.581. The van der Waals surface area contributed by atoms with Crippen LogP contribution in [-0.4, -0.2) is 139 Å². The highest BCUT2D eigenvalue weighted by Crippen LogP contribution is 2.13. The van der Waals surface area contributed by atoms with Crippen LogP contribution in [0.1, 0.15) is 85.1 Å². The predicted molar refractivity (Wildman–Crippen MR) is 254 cm³/mol. The number of rotatable bonds is 32. The Kier molecular flexibility index (Phi) is 27.1. The number of aliphatic imine (C=N–C) groups is 2. The van der Waals surface area contributed by atoms with E-state index in [1.54, 1.807) is 58.0 Å². The summed E-state index contributed by atoms with van der Waals surface area (Å²) in [5, 5.41) is 29.5. The molecule has 384 valence electrons. The van der Waals surface area contributed by atoms with Crippen LogP contribution in [0.15, 0.2) is 40.3 Å². The van der Waals surface area contributed by atoms with Crippen molar-refractivity contribution in [3.63, 3.8) is 0 Å². The van der Waals surface area contributed by atoms with Gasteiger partial charge in [0.25, 0.3) is 0 Å². The van der Waals surface area contributed by atoms with Crippen molar-refractivity contribution >= 4 is 71.1 Å². The number of carboxylic acids is 1. The summed E-state index contributed by atoms with van der Waals surface area (Å²) in [5.41, 5.74) is 27.9. The van der Waals surface area contributed by atoms with Gasteiger partial charge >= 0.3 is 5.97 Å². The third-order valence-corrected chi connectivity index (χ3v) is 10.6. The van der Waals surface area contributed by atoms with E-state index < -0.39 is 121 Å². The van der Waals surface area contributed by atoms with Gasteiger partial charge in [-0.3, -0.25) is 57.9 Å². The fourth-order valence-electron chi connectivity index (χ4n) is 6.45. The summed E-state index contributed by atoms with van der Waals surface area (Å²) >= 11 is 0. The van der Waals surface area contributed by atoms with Crippen LogP contribution in [0.4, 0.5) is 0 Å². The van der Waals surface area contributed by atoms with Crippen molar-refractivity contribution in [2.75, 3.05) is 26.2 Å². The van der Waals surface area contributed by atoms with Crippen LogP contribution in [-0.2, 0) is 54.4 Å². The molecule has 0 spiro atoms. The normalized spacial score (nSPS) is 14.2. The van der Waals surface area contributed by atoms with Gasteiger partial charge < -0.3 is 76.3 Å². The molecule has 1 rings (SSSR count). The van der Waals surface area contributed by atoms with Gasteiger partial charge in [-0.05, 0) is 43.1 Å². The first kappa shape index (κ1) is 59.5. The second kappa shape index (κ2) is 31.4. The van der Waals surface area contributed by atoms with Gasteiger partial charge in [0.1, 0.15) is 36.3 Å². The summed E-state index contributed by atoms with van der Waals surface area (Å²) in [7, 11) is 0. The number of nitrogens with one attached hydrogen (secondary N) is 8. The molecule has 26 heteroatoms. The van der Waals surface area contributed by atoms with Gasteiger partial charge in [0.2, 0.25) is 53.2 Å². The van der Waals surface area contributed by atoms with Gasteiger partial charge in [-0.2, -0.15) is 0 Å². The standard InChI is InChI=1S/C43H71N15O11/c1-6-23(3)34(53-25(5)59)40(68)56-28(16-12-18-50-43(47)48)38(66)57-30(20-33(62)63)39(67)58-35(24(4)7-2)41(69)55-27(15-11-17-49-42(45)46)37(65)52-21-31(60)51-22-32(61)54-29(36(44)64)19-26-13-9-8-10-14-26/h8-10,13-14,23-24,27-30,34-35H,6-7,11-12,15-22H2,1-5H3,(H2,44,64)(H,51,60)(H,52,65)(H,53,59)(H,54,61)(H,55,69)(H,56,68)(H,57,66)(H,58,67)(H,62,63)(H4,45,46,49)(H4,47,48,50)/t23-,24-,27-,28-,29-,30-,34-,35-/m1/s1. The molecule has 0 heterocycles. The molecule has 0 aliphatic rings. The van der Waals surface area contributed by atoms with Crippen molar-refractivity contribution in [3.8, 4) is 0 Å². The number of aliphatic carboxylic acids is 1. The maximum atomic E-state index is 14.0. The molecule has 26 nitrogen and oxygen atoms in total. The molecule has 0 fully saturated rings. The molecular weight excluding hydrogens is 903 g/mol. The lowest BCUT2D eigenvalue weighted by atomic mass is 9.96. The average Bonchev–Trinajstić information content (AvgIpc) is 3.28. The second-order valence-corrected chi connectivity index (χ2v) is 16.3. The quantitative estimate of drug-likeness (QED) is 0.0184. The molecule has 0 aliphatic heterocycles. The second-order valence-electron chi connectivity index (χ2n) is 16.3. The van der Waals surface area contributed by atoms with Gasteiger partial charge in [-0.25, -0.2) is 0 Å². The maximum absolute atomic E-state index is 14.0. The van der Waals surface area contributed by atoms with Gasteiger partial charge in [-0.1, -0.05) is 70.9 Å². The first-order valence-electron chi connectivity index (χ1n) is 22.5. The molecule has 8 atom stereocenters. The Bertz CT molecular complexity index is 1980. The largest absolute Gasteiger partial charge is 0.481 e. The molecule has 0 aromatic heterocycles. The number of hydrogen-bond acceptors (Lipinski definition) is 12. The Hall–Kier alpha value is -7.54. The summed E-state index contributed by atoms with van der Waals surface area (Å²) in [6.45, 7) is 6.89. The van der Waals surface area contributed by atoms with Gasteiger partial charge in [0.05, 0.1) is 19.5 Å². The topological polar surface area (TPSA) is 442 Å². The predicted octanol–water partition coefficient (Wildman–Crippen LogP) is -4.45. The Morgan fingerprint density at radius 2 is 1.03 bits per heavy atom. The van der Waals surface area contributed by atoms with E-state index in [4.69, 9.17) is 28.7 Å². The lowest BCUT2D eigenvalue weighted by molar-refractivity contribution is -0.142. The van der Waals surface area contributed by atoms with Gasteiger partial charge in [0.15, 0.2) is 11.9 Å². The number of carbonyl (C=O) groups is 10. The highest BCUT2D eigenvalue weighted by Gasteiger charge is 2.35. The van der Waals surface area contributed by atoms with E-state index in [1.165, 1.54) is 6.92 Å². The van der Waals surface area contributed by atoms with Crippen molar-refractivity contribution in [1.82, 2.24) is 42.5 Å². The number of carboxylic acid groups (broad SMARTS) is 1. The molecule has 1 aromatic rings. The summed E-state index contributed by atoms with van der Waals surface area (Å²) in [5.74, 6) is -10.3. The number of amides is 9. The monoisotopic (exact) mass is 974 g/mol. The van der Waals surface area contributed by atoms with Crippen molar-refractivity contribution in [3.05, 3.63) is 35.9 Å². The molecule has 1 aromatic carbocycles. The van der Waals surface area contributed by atoms with E-state index >= 15 is 0 Å². The van der Waals surface area contributed by atoms with Crippen LogP contribution in [0.2, 0.25) is 0 Å². The molecule has 0 saturated carbocycles. The Morgan fingerprint density at radius 1 is 0.565 bits per heavy atom. The third-order valence-electron chi connectivity index (χ3n) is 10.6. The molecule has 0 radical (unpaired) electrons. The van der Waals surface area contributed by atoms with Gasteiger partial charge in [-0.15, -0.1) is 0 Å². The first-order chi connectivity index (χ1) is 32.5. The van der Waals surface area contributed by atoms with Crippen LogP contribution < -0.4 is 71.2 Å². The molecule has 0 bridgehead atoms. The zero-order valence-corrected chi connectivity index (χ0v) is 39.8. The van der Waals surface area contributed by atoms with Crippen LogP contribution in [0.5, 0.6) is 0 Å². The lowest BCUT2D eigenvalue weighted by Crippen LogP contribution is -2.60. The van der Waals surface area contributed by atoms with Crippen LogP contribution in [0, 0.1) is 11.8 Å². The minimum absolute atomic E-state index is 0.0392. The van der Waals surface area contributed by atoms with E-state index in [0.717, 1.165) is 5.56 Å². The number of guanidine groups is 2.